The molecule has 0 bridgehead atoms. The van der Waals surface area contributed by atoms with E-state index >= 15 is 0 Å². The number of phenolic OH excluding ortho intramolecular Hbond substituents is 1. The monoisotopic (exact) mass is 206 g/mol. The number of hydrogen-bond donors (Lipinski definition) is 4. The second-order valence-corrected chi connectivity index (χ2v) is 3.23. The molecule has 5 heteroatoms. The van der Waals surface area contributed by atoms with Crippen LogP contribution in [0.25, 0.3) is 10.9 Å². The highest BCUT2D eigenvalue weighted by atomic mass is 16.4. The van der Waals surface area contributed by atoms with Gasteiger partial charge < -0.3 is 20.9 Å². The van der Waals surface area contributed by atoms with Crippen LogP contribution in [-0.2, 0) is 6.54 Å². The third kappa shape index (κ3) is 1.42. The number of carbonyl (C=O) groups is 1. The first-order valence-electron chi connectivity index (χ1n) is 4.40. The zero-order valence-electron chi connectivity index (χ0n) is 7.82. The van der Waals surface area contributed by atoms with Gasteiger partial charge in [-0.25, -0.2) is 4.79 Å². The number of aromatic hydroxyl groups is 1. The van der Waals surface area contributed by atoms with Crippen LogP contribution in [0.1, 0.15) is 16.1 Å². The van der Waals surface area contributed by atoms with Gasteiger partial charge in [-0.2, -0.15) is 0 Å². The summed E-state index contributed by atoms with van der Waals surface area (Å²) < 4.78 is 0. The molecule has 2 aromatic rings. The highest BCUT2D eigenvalue weighted by Gasteiger charge is 2.11. The van der Waals surface area contributed by atoms with Crippen LogP contribution in [0.5, 0.6) is 5.75 Å². The average Bonchev–Trinajstić information content (AvgIpc) is 2.63. The van der Waals surface area contributed by atoms with Crippen molar-refractivity contribution in [2.45, 2.75) is 6.54 Å². The summed E-state index contributed by atoms with van der Waals surface area (Å²) in [5, 5.41) is 19.0. The minimum atomic E-state index is -1.06. The number of nitrogens with one attached hydrogen (secondary N) is 1. The van der Waals surface area contributed by atoms with Crippen LogP contribution in [0.3, 0.4) is 0 Å². The Morgan fingerprint density at radius 2 is 2.20 bits per heavy atom. The lowest BCUT2D eigenvalue weighted by atomic mass is 10.1. The van der Waals surface area contributed by atoms with Crippen molar-refractivity contribution < 1.29 is 15.0 Å². The number of aromatic carboxylic acids is 1. The van der Waals surface area contributed by atoms with E-state index in [9.17, 15) is 9.90 Å². The van der Waals surface area contributed by atoms with Gasteiger partial charge in [-0.3, -0.25) is 0 Å². The lowest BCUT2D eigenvalue weighted by Crippen LogP contribution is -1.96. The maximum Gasteiger partial charge on any atom is 0.352 e. The molecule has 0 fully saturated rings. The molecule has 15 heavy (non-hydrogen) atoms. The third-order valence-electron chi connectivity index (χ3n) is 2.31. The maximum atomic E-state index is 10.7. The topological polar surface area (TPSA) is 99.3 Å². The Labute approximate surface area is 85.1 Å². The molecule has 0 saturated carbocycles. The SMILES string of the molecule is NCc1ccc2[nH]c(C(=O)O)cc2c1O. The van der Waals surface area contributed by atoms with Gasteiger partial charge in [0, 0.05) is 23.0 Å². The van der Waals surface area contributed by atoms with Gasteiger partial charge in [-0.05, 0) is 12.1 Å². The lowest BCUT2D eigenvalue weighted by Gasteiger charge is -2.01. The number of phenols is 1. The van der Waals surface area contributed by atoms with Crippen molar-refractivity contribution in [2.24, 2.45) is 5.73 Å². The van der Waals surface area contributed by atoms with Crippen LogP contribution < -0.4 is 5.73 Å². The van der Waals surface area contributed by atoms with E-state index in [0.717, 1.165) is 0 Å². The Bertz CT molecular complexity index is 531. The summed E-state index contributed by atoms with van der Waals surface area (Å²) in [6.07, 6.45) is 0. The summed E-state index contributed by atoms with van der Waals surface area (Å²) >= 11 is 0. The summed E-state index contributed by atoms with van der Waals surface area (Å²) in [4.78, 5) is 13.4. The molecular weight excluding hydrogens is 196 g/mol. The van der Waals surface area contributed by atoms with Crippen molar-refractivity contribution in [3.63, 3.8) is 0 Å². The highest BCUT2D eigenvalue weighted by molar-refractivity contribution is 5.96. The predicted octanol–water partition coefficient (Wildman–Crippen LogP) is 1.03. The van der Waals surface area contributed by atoms with E-state index in [1.165, 1.54) is 6.07 Å². The first-order chi connectivity index (χ1) is 7.13. The predicted molar refractivity (Wildman–Crippen MR) is 54.8 cm³/mol. The number of nitrogens with two attached hydrogens (primary N) is 1. The molecule has 0 atom stereocenters. The van der Waals surface area contributed by atoms with E-state index in [2.05, 4.69) is 4.98 Å². The summed E-state index contributed by atoms with van der Waals surface area (Å²) in [6.45, 7) is 0.218. The molecule has 0 aliphatic rings. The van der Waals surface area contributed by atoms with Crippen molar-refractivity contribution in [1.29, 1.82) is 0 Å². The van der Waals surface area contributed by atoms with Crippen LogP contribution in [0.2, 0.25) is 0 Å². The molecule has 0 unspecified atom stereocenters. The molecule has 0 amide bonds. The van der Waals surface area contributed by atoms with Crippen LogP contribution in [0.4, 0.5) is 0 Å². The fourth-order valence-electron chi connectivity index (χ4n) is 1.51. The van der Waals surface area contributed by atoms with Crippen molar-refractivity contribution in [1.82, 2.24) is 4.98 Å². The molecular formula is C10H10N2O3. The molecule has 1 aromatic carbocycles. The Hall–Kier alpha value is -2.01. The number of hydrogen-bond acceptors (Lipinski definition) is 3. The van der Waals surface area contributed by atoms with Crippen molar-refractivity contribution in [3.05, 3.63) is 29.5 Å². The van der Waals surface area contributed by atoms with Gasteiger partial charge in [0.2, 0.25) is 0 Å². The van der Waals surface area contributed by atoms with Gasteiger partial charge in [0.25, 0.3) is 0 Å². The van der Waals surface area contributed by atoms with Crippen molar-refractivity contribution in [3.8, 4) is 5.75 Å². The molecule has 0 saturated heterocycles. The largest absolute Gasteiger partial charge is 0.507 e. The number of carboxylic acid groups (broad SMARTS) is 1. The molecule has 0 spiro atoms. The Kier molecular flexibility index (Phi) is 2.09. The van der Waals surface area contributed by atoms with Crippen molar-refractivity contribution in [2.75, 3.05) is 0 Å². The number of rotatable bonds is 2. The molecule has 0 aliphatic carbocycles. The van der Waals surface area contributed by atoms with Gasteiger partial charge in [-0.15, -0.1) is 0 Å². The minimum Gasteiger partial charge on any atom is -0.507 e. The van der Waals surface area contributed by atoms with Gasteiger partial charge in [0.1, 0.15) is 11.4 Å². The van der Waals surface area contributed by atoms with Crippen LogP contribution in [0, 0.1) is 0 Å². The van der Waals surface area contributed by atoms with Crippen LogP contribution >= 0.6 is 0 Å². The van der Waals surface area contributed by atoms with Gasteiger partial charge in [-0.1, -0.05) is 6.07 Å². The first-order valence-corrected chi connectivity index (χ1v) is 4.40. The number of H-pyrrole nitrogens is 1. The second kappa shape index (κ2) is 3.29. The Morgan fingerprint density at radius 3 is 2.80 bits per heavy atom. The number of aromatic nitrogens is 1. The smallest absolute Gasteiger partial charge is 0.352 e. The number of carboxylic acids is 1. The normalized spacial score (nSPS) is 10.7. The zero-order chi connectivity index (χ0) is 11.0. The summed E-state index contributed by atoms with van der Waals surface area (Å²) in [6, 6.07) is 4.76. The number of fused-ring (bicyclic) bond motifs is 1. The Balaban J connectivity index is 2.71. The fraction of sp³-hybridized carbons (Fsp3) is 0.100. The molecule has 1 aromatic heterocycles. The van der Waals surface area contributed by atoms with Crippen molar-refractivity contribution >= 4 is 16.9 Å². The second-order valence-electron chi connectivity index (χ2n) is 3.23. The quantitative estimate of drug-likeness (QED) is 0.589. The van der Waals surface area contributed by atoms with Gasteiger partial charge >= 0.3 is 5.97 Å². The minimum absolute atomic E-state index is 0.0405. The lowest BCUT2D eigenvalue weighted by molar-refractivity contribution is 0.0691. The molecule has 0 radical (unpaired) electrons. The van der Waals surface area contributed by atoms with Gasteiger partial charge in [0.05, 0.1) is 0 Å². The zero-order valence-corrected chi connectivity index (χ0v) is 7.82. The van der Waals surface area contributed by atoms with E-state index in [1.54, 1.807) is 12.1 Å². The third-order valence-corrected chi connectivity index (χ3v) is 2.31. The molecule has 2 rings (SSSR count). The van der Waals surface area contributed by atoms with E-state index in [4.69, 9.17) is 10.8 Å². The van der Waals surface area contributed by atoms with Gasteiger partial charge in [0.15, 0.2) is 0 Å². The molecule has 78 valence electrons. The first kappa shape index (κ1) is 9.54. The highest BCUT2D eigenvalue weighted by Crippen LogP contribution is 2.28. The summed E-state index contributed by atoms with van der Waals surface area (Å²) in [5.41, 5.74) is 6.65. The summed E-state index contributed by atoms with van der Waals surface area (Å²) in [5.74, 6) is -1.02. The standard InChI is InChI=1S/C10H10N2O3/c11-4-5-1-2-7-6(9(5)13)3-8(12-7)10(14)15/h1-3,12-13H,4,11H2,(H,14,15). The van der Waals surface area contributed by atoms with Crippen LogP contribution in [-0.4, -0.2) is 21.2 Å². The average molecular weight is 206 g/mol. The molecule has 5 N–H and O–H groups in total. The maximum absolute atomic E-state index is 10.7. The molecule has 0 aliphatic heterocycles. The number of benzene rings is 1. The summed E-state index contributed by atoms with van der Waals surface area (Å²) in [7, 11) is 0. The van der Waals surface area contributed by atoms with E-state index in [1.807, 2.05) is 0 Å². The van der Waals surface area contributed by atoms with E-state index < -0.39 is 5.97 Å². The number of aromatic amines is 1. The van der Waals surface area contributed by atoms with Crippen LogP contribution in [0.15, 0.2) is 18.2 Å². The molecule has 1 heterocycles. The Morgan fingerprint density at radius 1 is 1.47 bits per heavy atom. The fourth-order valence-corrected chi connectivity index (χ4v) is 1.51. The van der Waals surface area contributed by atoms with E-state index in [0.29, 0.717) is 16.5 Å². The molecule has 5 nitrogen and oxygen atoms in total. The van der Waals surface area contributed by atoms with E-state index in [-0.39, 0.29) is 18.0 Å².